The Morgan fingerprint density at radius 3 is 2.70 bits per heavy atom. The largest absolute Gasteiger partial charge is 0.459 e. The van der Waals surface area contributed by atoms with E-state index in [1.54, 1.807) is 0 Å². The molecule has 1 saturated carbocycles. The molecule has 6 rings (SSSR count). The van der Waals surface area contributed by atoms with Crippen LogP contribution >= 0.6 is 11.6 Å². The second-order valence-electron chi connectivity index (χ2n) is 9.92. The zero-order valence-electron chi connectivity index (χ0n) is 17.5. The number of rotatable bonds is 2. The van der Waals surface area contributed by atoms with Gasteiger partial charge in [0.15, 0.2) is 0 Å². The van der Waals surface area contributed by atoms with Crippen LogP contribution in [-0.2, 0) is 16.8 Å². The van der Waals surface area contributed by atoms with Crippen molar-refractivity contribution in [3.63, 3.8) is 0 Å². The highest BCUT2D eigenvalue weighted by molar-refractivity contribution is 6.34. The summed E-state index contributed by atoms with van der Waals surface area (Å²) in [5.41, 5.74) is 3.40. The average molecular weight is 428 g/mol. The molecule has 2 N–H and O–H groups in total. The van der Waals surface area contributed by atoms with Gasteiger partial charge in [0.1, 0.15) is 11.3 Å². The van der Waals surface area contributed by atoms with Crippen LogP contribution in [-0.4, -0.2) is 31.2 Å². The SMILES string of the molecule is C=C1Nc2c(Cl)cc3cc(CN4CCCC5(COC5)C4)oc3c2C2(CCCCC2)N1. The zero-order valence-corrected chi connectivity index (χ0v) is 18.2. The number of fused-ring (bicyclic) bond motifs is 4. The van der Waals surface area contributed by atoms with E-state index >= 15 is 0 Å². The minimum absolute atomic E-state index is 0.132. The molecular formula is C24H30ClN3O2. The van der Waals surface area contributed by atoms with Gasteiger partial charge in [-0.05, 0) is 44.4 Å². The fourth-order valence-corrected chi connectivity index (χ4v) is 6.47. The Morgan fingerprint density at radius 1 is 1.10 bits per heavy atom. The van der Waals surface area contributed by atoms with Gasteiger partial charge in [-0.15, -0.1) is 0 Å². The van der Waals surface area contributed by atoms with Crippen molar-refractivity contribution >= 4 is 28.3 Å². The van der Waals surface area contributed by atoms with E-state index in [-0.39, 0.29) is 5.54 Å². The van der Waals surface area contributed by atoms with Crippen molar-refractivity contribution in [2.75, 3.05) is 31.6 Å². The Kier molecular flexibility index (Phi) is 4.38. The van der Waals surface area contributed by atoms with E-state index in [0.717, 1.165) is 79.0 Å². The highest BCUT2D eigenvalue weighted by Gasteiger charge is 2.43. The first-order valence-electron chi connectivity index (χ1n) is 11.4. The molecule has 4 aliphatic rings. The molecule has 0 radical (unpaired) electrons. The number of benzene rings is 1. The zero-order chi connectivity index (χ0) is 20.3. The molecule has 3 aliphatic heterocycles. The number of hydrogen-bond acceptors (Lipinski definition) is 5. The smallest absolute Gasteiger partial charge is 0.142 e. The number of nitrogens with one attached hydrogen (secondary N) is 2. The lowest BCUT2D eigenvalue weighted by Crippen LogP contribution is -2.53. The Bertz CT molecular complexity index is 1000. The summed E-state index contributed by atoms with van der Waals surface area (Å²) in [5.74, 6) is 1.86. The Hall–Kier alpha value is -1.69. The van der Waals surface area contributed by atoms with E-state index < -0.39 is 0 Å². The van der Waals surface area contributed by atoms with Gasteiger partial charge >= 0.3 is 0 Å². The van der Waals surface area contributed by atoms with Gasteiger partial charge in [0.2, 0.25) is 0 Å². The molecule has 6 heteroatoms. The minimum atomic E-state index is -0.132. The summed E-state index contributed by atoms with van der Waals surface area (Å²) >= 11 is 6.76. The van der Waals surface area contributed by atoms with Gasteiger partial charge in [0, 0.05) is 22.9 Å². The molecular weight excluding hydrogens is 398 g/mol. The first-order valence-corrected chi connectivity index (χ1v) is 11.7. The topological polar surface area (TPSA) is 49.7 Å². The molecule has 2 aromatic rings. The van der Waals surface area contributed by atoms with Crippen molar-refractivity contribution in [2.45, 2.75) is 57.0 Å². The number of ether oxygens (including phenoxy) is 1. The van der Waals surface area contributed by atoms with Crippen LogP contribution in [0.1, 0.15) is 56.3 Å². The normalized spacial score (nSPS) is 25.0. The standard InChI is InChI=1S/C24H30ClN3O2/c1-16-26-21-19(25)11-17-10-18(12-28-9-5-6-23(13-28)14-29-15-23)30-22(17)20(21)24(27-16)7-3-2-4-8-24/h10-11,26-27H,1-9,12-15H2. The second kappa shape index (κ2) is 6.91. The molecule has 30 heavy (non-hydrogen) atoms. The van der Waals surface area contributed by atoms with Gasteiger partial charge in [0.05, 0.1) is 41.8 Å². The first kappa shape index (κ1) is 19.0. The predicted molar refractivity (Wildman–Crippen MR) is 120 cm³/mol. The minimum Gasteiger partial charge on any atom is -0.459 e. The Morgan fingerprint density at radius 2 is 1.93 bits per heavy atom. The second-order valence-corrected chi connectivity index (χ2v) is 10.3. The molecule has 0 bridgehead atoms. The fraction of sp³-hybridized carbons (Fsp3) is 0.583. The molecule has 160 valence electrons. The number of halogens is 1. The maximum Gasteiger partial charge on any atom is 0.142 e. The quantitative estimate of drug-likeness (QED) is 0.677. The summed E-state index contributed by atoms with van der Waals surface area (Å²) in [7, 11) is 0. The van der Waals surface area contributed by atoms with Crippen molar-refractivity contribution in [2.24, 2.45) is 5.41 Å². The summed E-state index contributed by atoms with van der Waals surface area (Å²) in [6.07, 6.45) is 8.40. The fourth-order valence-electron chi connectivity index (χ4n) is 6.22. The van der Waals surface area contributed by atoms with Gasteiger partial charge in [-0.25, -0.2) is 0 Å². The first-order chi connectivity index (χ1) is 14.6. The molecule has 0 unspecified atom stereocenters. The molecule has 1 aromatic heterocycles. The summed E-state index contributed by atoms with van der Waals surface area (Å²) in [4.78, 5) is 2.53. The van der Waals surface area contributed by atoms with Crippen LogP contribution in [0.3, 0.4) is 0 Å². The van der Waals surface area contributed by atoms with Crippen LogP contribution in [0, 0.1) is 5.41 Å². The van der Waals surface area contributed by atoms with Crippen LogP contribution in [0.25, 0.3) is 11.0 Å². The van der Waals surface area contributed by atoms with Crippen molar-refractivity contribution in [3.05, 3.63) is 40.9 Å². The summed E-state index contributed by atoms with van der Waals surface area (Å²) in [6, 6.07) is 4.24. The van der Waals surface area contributed by atoms with Crippen LogP contribution in [0.2, 0.25) is 5.02 Å². The van der Waals surface area contributed by atoms with Gasteiger partial charge in [-0.2, -0.15) is 0 Å². The van der Waals surface area contributed by atoms with Gasteiger partial charge in [0.25, 0.3) is 0 Å². The number of likely N-dealkylation sites (tertiary alicyclic amines) is 1. The van der Waals surface area contributed by atoms with Gasteiger partial charge in [-0.1, -0.05) is 37.4 Å². The number of anilines is 1. The number of nitrogens with zero attached hydrogens (tertiary/aromatic N) is 1. The molecule has 4 heterocycles. The predicted octanol–water partition coefficient (Wildman–Crippen LogP) is 5.34. The molecule has 5 nitrogen and oxygen atoms in total. The average Bonchev–Trinajstić information content (AvgIpc) is 3.09. The lowest BCUT2D eigenvalue weighted by Gasteiger charge is -2.48. The van der Waals surface area contributed by atoms with E-state index in [9.17, 15) is 0 Å². The summed E-state index contributed by atoms with van der Waals surface area (Å²) < 4.78 is 12.1. The van der Waals surface area contributed by atoms with Crippen LogP contribution in [0.15, 0.2) is 28.9 Å². The van der Waals surface area contributed by atoms with E-state index in [1.807, 2.05) is 6.07 Å². The molecule has 2 spiro atoms. The Balaban J connectivity index is 1.38. The number of piperidine rings is 1. The third kappa shape index (κ3) is 2.97. The molecule has 2 saturated heterocycles. The van der Waals surface area contributed by atoms with E-state index in [0.29, 0.717) is 5.41 Å². The number of furan rings is 1. The van der Waals surface area contributed by atoms with Crippen molar-refractivity contribution in [1.29, 1.82) is 0 Å². The molecule has 1 aliphatic carbocycles. The van der Waals surface area contributed by atoms with Crippen molar-refractivity contribution in [1.82, 2.24) is 10.2 Å². The highest BCUT2D eigenvalue weighted by Crippen LogP contribution is 2.50. The third-order valence-corrected chi connectivity index (χ3v) is 7.90. The van der Waals surface area contributed by atoms with Crippen LogP contribution < -0.4 is 10.6 Å². The lowest BCUT2D eigenvalue weighted by atomic mass is 9.74. The van der Waals surface area contributed by atoms with E-state index in [4.69, 9.17) is 20.8 Å². The summed E-state index contributed by atoms with van der Waals surface area (Å²) in [5, 5.41) is 8.92. The highest BCUT2D eigenvalue weighted by atomic mass is 35.5. The molecule has 0 amide bonds. The molecule has 1 aromatic carbocycles. The van der Waals surface area contributed by atoms with Gasteiger partial charge in [-0.3, -0.25) is 4.90 Å². The van der Waals surface area contributed by atoms with Crippen molar-refractivity contribution in [3.8, 4) is 0 Å². The van der Waals surface area contributed by atoms with E-state index in [1.165, 1.54) is 37.7 Å². The monoisotopic (exact) mass is 427 g/mol. The van der Waals surface area contributed by atoms with Crippen LogP contribution in [0.4, 0.5) is 5.69 Å². The van der Waals surface area contributed by atoms with E-state index in [2.05, 4.69) is 28.2 Å². The maximum atomic E-state index is 6.76. The van der Waals surface area contributed by atoms with Crippen molar-refractivity contribution < 1.29 is 9.15 Å². The maximum absolute atomic E-state index is 6.76. The number of hydrogen-bond donors (Lipinski definition) is 2. The van der Waals surface area contributed by atoms with Crippen LogP contribution in [0.5, 0.6) is 0 Å². The third-order valence-electron chi connectivity index (χ3n) is 7.60. The summed E-state index contributed by atoms with van der Waals surface area (Å²) in [6.45, 7) is 9.08. The van der Waals surface area contributed by atoms with Gasteiger partial charge < -0.3 is 19.8 Å². The lowest BCUT2D eigenvalue weighted by molar-refractivity contribution is -0.145. The molecule has 0 atom stereocenters. The molecule has 3 fully saturated rings. The Labute approximate surface area is 182 Å².